The molecule has 1 aliphatic rings. The van der Waals surface area contributed by atoms with Gasteiger partial charge in [0, 0.05) is 40.3 Å². The number of carbonyl (C=O) groups is 2. The maximum absolute atomic E-state index is 12.5. The predicted molar refractivity (Wildman–Crippen MR) is 122 cm³/mol. The first-order valence-electron chi connectivity index (χ1n) is 10.7. The third-order valence-electron chi connectivity index (χ3n) is 5.74. The van der Waals surface area contributed by atoms with Gasteiger partial charge in [-0.3, -0.25) is 14.5 Å². The van der Waals surface area contributed by atoms with Gasteiger partial charge < -0.3 is 10.1 Å². The van der Waals surface area contributed by atoms with Crippen molar-refractivity contribution in [1.29, 1.82) is 0 Å². The van der Waals surface area contributed by atoms with Crippen molar-refractivity contribution in [1.82, 2.24) is 10.2 Å². The molecular weight excluding hydrogens is 396 g/mol. The number of ketones is 1. The number of carbonyl (C=O) groups excluding carboxylic acids is 2. The zero-order chi connectivity index (χ0) is 21.5. The third-order valence-corrected chi connectivity index (χ3v) is 6.71. The normalized spacial score (nSPS) is 15.6. The molecule has 6 heteroatoms. The van der Waals surface area contributed by atoms with Gasteiger partial charge in [-0.25, -0.2) is 0 Å². The lowest BCUT2D eigenvalue weighted by molar-refractivity contribution is -0.121. The molecule has 0 bridgehead atoms. The minimum Gasteiger partial charge on any atom is -0.496 e. The molecule has 0 aliphatic carbocycles. The smallest absolute Gasteiger partial charge is 0.220 e. The van der Waals surface area contributed by atoms with Crippen molar-refractivity contribution in [2.75, 3.05) is 26.7 Å². The molecule has 2 heterocycles. The number of thiophene rings is 1. The lowest BCUT2D eigenvalue weighted by Gasteiger charge is -2.35. The Morgan fingerprint density at radius 2 is 1.87 bits per heavy atom. The molecule has 0 saturated carbocycles. The highest BCUT2D eigenvalue weighted by atomic mass is 32.1. The monoisotopic (exact) mass is 428 g/mol. The molecule has 1 N–H and O–H groups in total. The van der Waals surface area contributed by atoms with E-state index < -0.39 is 0 Å². The number of hydrogen-bond acceptors (Lipinski definition) is 5. The van der Waals surface area contributed by atoms with Crippen LogP contribution in [-0.4, -0.2) is 43.3 Å². The lowest BCUT2D eigenvalue weighted by Crippen LogP contribution is -2.40. The minimum atomic E-state index is -0.0788. The SMILES string of the molecule is COc1ccccc1C(CNC(=O)CCC(=O)c1cc(C)sc1C)N1CCCCC1. The van der Waals surface area contributed by atoms with Crippen molar-refractivity contribution in [3.05, 3.63) is 51.2 Å². The van der Waals surface area contributed by atoms with Gasteiger partial charge in [0.1, 0.15) is 5.75 Å². The number of hydrogen-bond donors (Lipinski definition) is 1. The summed E-state index contributed by atoms with van der Waals surface area (Å²) >= 11 is 1.62. The van der Waals surface area contributed by atoms with Crippen LogP contribution in [0.15, 0.2) is 30.3 Å². The second-order valence-electron chi connectivity index (χ2n) is 7.91. The van der Waals surface area contributed by atoms with Crippen LogP contribution in [0.4, 0.5) is 0 Å². The summed E-state index contributed by atoms with van der Waals surface area (Å²) in [7, 11) is 1.68. The van der Waals surface area contributed by atoms with Crippen LogP contribution >= 0.6 is 11.3 Å². The van der Waals surface area contributed by atoms with Crippen molar-refractivity contribution in [3.63, 3.8) is 0 Å². The van der Waals surface area contributed by atoms with Gasteiger partial charge in [0.2, 0.25) is 5.91 Å². The second kappa shape index (κ2) is 10.7. The molecule has 5 nitrogen and oxygen atoms in total. The molecule has 162 valence electrons. The highest BCUT2D eigenvalue weighted by molar-refractivity contribution is 7.12. The molecule has 3 rings (SSSR count). The van der Waals surface area contributed by atoms with E-state index in [0.29, 0.717) is 6.54 Å². The standard InChI is InChI=1S/C24H32N2O3S/c1-17-15-20(18(2)30-17)22(27)11-12-24(28)25-16-21(26-13-7-4-8-14-26)19-9-5-6-10-23(19)29-3/h5-6,9-10,15,21H,4,7-8,11-14,16H2,1-3H3,(H,25,28). The van der Waals surface area contributed by atoms with E-state index in [1.807, 2.05) is 38.1 Å². The lowest BCUT2D eigenvalue weighted by atomic mass is 10.0. The van der Waals surface area contributed by atoms with Crippen LogP contribution in [0.5, 0.6) is 5.75 Å². The summed E-state index contributed by atoms with van der Waals surface area (Å²) in [5.41, 5.74) is 1.85. The molecule has 1 aromatic carbocycles. The molecule has 1 amide bonds. The number of ether oxygens (including phenoxy) is 1. The van der Waals surface area contributed by atoms with E-state index in [9.17, 15) is 9.59 Å². The average molecular weight is 429 g/mol. The Hall–Kier alpha value is -2.18. The van der Waals surface area contributed by atoms with E-state index >= 15 is 0 Å². The van der Waals surface area contributed by atoms with E-state index in [2.05, 4.69) is 16.3 Å². The van der Waals surface area contributed by atoms with Crippen LogP contribution in [0.2, 0.25) is 0 Å². The number of aryl methyl sites for hydroxylation is 2. The fourth-order valence-corrected chi connectivity index (χ4v) is 5.12. The van der Waals surface area contributed by atoms with E-state index in [4.69, 9.17) is 4.74 Å². The summed E-state index contributed by atoms with van der Waals surface area (Å²) in [6, 6.07) is 10.0. The van der Waals surface area contributed by atoms with E-state index in [1.54, 1.807) is 18.4 Å². The van der Waals surface area contributed by atoms with Crippen LogP contribution in [0.25, 0.3) is 0 Å². The van der Waals surface area contributed by atoms with E-state index in [1.165, 1.54) is 19.3 Å². The van der Waals surface area contributed by atoms with Crippen molar-refractivity contribution >= 4 is 23.0 Å². The second-order valence-corrected chi connectivity index (χ2v) is 9.37. The van der Waals surface area contributed by atoms with Crippen LogP contribution in [0.3, 0.4) is 0 Å². The molecule has 0 radical (unpaired) electrons. The first-order chi connectivity index (χ1) is 14.5. The first-order valence-corrected chi connectivity index (χ1v) is 11.5. The van der Waals surface area contributed by atoms with Gasteiger partial charge in [0.05, 0.1) is 13.2 Å². The van der Waals surface area contributed by atoms with E-state index in [0.717, 1.165) is 39.7 Å². The number of methoxy groups -OCH3 is 1. The summed E-state index contributed by atoms with van der Waals surface area (Å²) in [4.78, 5) is 29.6. The topological polar surface area (TPSA) is 58.6 Å². The summed E-state index contributed by atoms with van der Waals surface area (Å²) in [5, 5.41) is 3.07. The zero-order valence-corrected chi connectivity index (χ0v) is 19.0. The maximum atomic E-state index is 12.5. The molecule has 0 spiro atoms. The number of para-hydroxylation sites is 1. The number of piperidine rings is 1. The van der Waals surface area contributed by atoms with Gasteiger partial charge in [-0.1, -0.05) is 24.6 Å². The molecule has 1 fully saturated rings. The quantitative estimate of drug-likeness (QED) is 0.589. The number of likely N-dealkylation sites (tertiary alicyclic amines) is 1. The number of benzene rings is 1. The Kier molecular flexibility index (Phi) is 8.05. The van der Waals surface area contributed by atoms with Gasteiger partial charge in [-0.15, -0.1) is 11.3 Å². The Balaban J connectivity index is 1.61. The molecule has 1 saturated heterocycles. The summed E-state index contributed by atoms with van der Waals surface area (Å²) in [6.07, 6.45) is 4.06. The van der Waals surface area contributed by atoms with Gasteiger partial charge >= 0.3 is 0 Å². The molecule has 1 unspecified atom stereocenters. The zero-order valence-electron chi connectivity index (χ0n) is 18.2. The highest BCUT2D eigenvalue weighted by Crippen LogP contribution is 2.31. The Morgan fingerprint density at radius 3 is 2.53 bits per heavy atom. The number of nitrogens with zero attached hydrogens (tertiary/aromatic N) is 1. The molecule has 2 aromatic rings. The van der Waals surface area contributed by atoms with Crippen molar-refractivity contribution in [3.8, 4) is 5.75 Å². The Labute approximate surface area is 183 Å². The molecule has 30 heavy (non-hydrogen) atoms. The Morgan fingerprint density at radius 1 is 1.13 bits per heavy atom. The molecular formula is C24H32N2O3S. The van der Waals surface area contributed by atoms with Gasteiger partial charge in [0.25, 0.3) is 0 Å². The van der Waals surface area contributed by atoms with Crippen LogP contribution in [0, 0.1) is 13.8 Å². The summed E-state index contributed by atoms with van der Waals surface area (Å²) in [5.74, 6) is 0.815. The molecule has 1 aromatic heterocycles. The van der Waals surface area contributed by atoms with Crippen LogP contribution in [0.1, 0.15) is 63.8 Å². The fraction of sp³-hybridized carbons (Fsp3) is 0.500. The van der Waals surface area contributed by atoms with Crippen molar-refractivity contribution < 1.29 is 14.3 Å². The molecule has 1 atom stereocenters. The van der Waals surface area contributed by atoms with Crippen molar-refractivity contribution in [2.24, 2.45) is 0 Å². The first kappa shape index (κ1) is 22.5. The summed E-state index contributed by atoms with van der Waals surface area (Å²) in [6.45, 7) is 6.52. The minimum absolute atomic E-state index is 0.0457. The summed E-state index contributed by atoms with van der Waals surface area (Å²) < 4.78 is 5.58. The number of rotatable bonds is 9. The van der Waals surface area contributed by atoms with E-state index in [-0.39, 0.29) is 30.6 Å². The fourth-order valence-electron chi connectivity index (χ4n) is 4.18. The third kappa shape index (κ3) is 5.70. The number of nitrogens with one attached hydrogen (secondary N) is 1. The van der Waals surface area contributed by atoms with Gasteiger partial charge in [0.15, 0.2) is 5.78 Å². The van der Waals surface area contributed by atoms with Gasteiger partial charge in [-0.2, -0.15) is 0 Å². The Bertz CT molecular complexity index is 871. The number of Topliss-reactive ketones (excluding diaryl/α,β-unsaturated/α-hetero) is 1. The van der Waals surface area contributed by atoms with Crippen LogP contribution < -0.4 is 10.1 Å². The average Bonchev–Trinajstić information content (AvgIpc) is 3.11. The highest BCUT2D eigenvalue weighted by Gasteiger charge is 2.25. The van der Waals surface area contributed by atoms with Crippen molar-refractivity contribution in [2.45, 2.75) is 52.0 Å². The number of amides is 1. The largest absolute Gasteiger partial charge is 0.496 e. The maximum Gasteiger partial charge on any atom is 0.220 e. The molecule has 1 aliphatic heterocycles. The van der Waals surface area contributed by atoms with Gasteiger partial charge in [-0.05, 0) is 51.9 Å². The predicted octanol–water partition coefficient (Wildman–Crippen LogP) is 4.68. The van der Waals surface area contributed by atoms with Crippen LogP contribution in [-0.2, 0) is 4.79 Å².